The van der Waals surface area contributed by atoms with Gasteiger partial charge in [-0.25, -0.2) is 0 Å². The number of allylic oxidation sites excluding steroid dienone is 1. The summed E-state index contributed by atoms with van der Waals surface area (Å²) in [4.78, 5) is 12.1. The SMILES string of the molecule is CCC(C)(C)NC(=O)c1ccc(/C=C/C(C)(C)C)cc1. The highest BCUT2D eigenvalue weighted by Crippen LogP contribution is 2.17. The van der Waals surface area contributed by atoms with Gasteiger partial charge in [0.1, 0.15) is 0 Å². The summed E-state index contributed by atoms with van der Waals surface area (Å²) in [5, 5.41) is 3.04. The number of carbonyl (C=O) groups excluding carboxylic acids is 1. The van der Waals surface area contributed by atoms with Crippen molar-refractivity contribution in [3.05, 3.63) is 41.5 Å². The van der Waals surface area contributed by atoms with E-state index in [-0.39, 0.29) is 16.9 Å². The van der Waals surface area contributed by atoms with Crippen molar-refractivity contribution in [2.75, 3.05) is 0 Å². The van der Waals surface area contributed by atoms with E-state index in [4.69, 9.17) is 0 Å². The smallest absolute Gasteiger partial charge is 0.251 e. The third kappa shape index (κ3) is 5.60. The second kappa shape index (κ2) is 6.25. The molecule has 0 fully saturated rings. The van der Waals surface area contributed by atoms with E-state index in [0.29, 0.717) is 5.56 Å². The number of hydrogen-bond acceptors (Lipinski definition) is 1. The lowest BCUT2D eigenvalue weighted by atomic mass is 9.95. The molecule has 0 saturated carbocycles. The molecule has 1 amide bonds. The molecule has 0 saturated heterocycles. The lowest BCUT2D eigenvalue weighted by Crippen LogP contribution is -2.42. The van der Waals surface area contributed by atoms with Crippen LogP contribution < -0.4 is 5.32 Å². The Morgan fingerprint density at radius 1 is 1.10 bits per heavy atom. The highest BCUT2D eigenvalue weighted by Gasteiger charge is 2.18. The Morgan fingerprint density at radius 2 is 1.65 bits per heavy atom. The van der Waals surface area contributed by atoms with Gasteiger partial charge in [-0.1, -0.05) is 52.0 Å². The van der Waals surface area contributed by atoms with Crippen LogP contribution in [0, 0.1) is 5.41 Å². The van der Waals surface area contributed by atoms with Crippen molar-refractivity contribution in [1.82, 2.24) is 5.32 Å². The molecule has 0 spiro atoms. The van der Waals surface area contributed by atoms with Crippen molar-refractivity contribution < 1.29 is 4.79 Å². The Hall–Kier alpha value is -1.57. The van der Waals surface area contributed by atoms with E-state index >= 15 is 0 Å². The maximum absolute atomic E-state index is 12.1. The molecule has 0 radical (unpaired) electrons. The monoisotopic (exact) mass is 273 g/mol. The van der Waals surface area contributed by atoms with Gasteiger partial charge in [0.25, 0.3) is 5.91 Å². The Morgan fingerprint density at radius 3 is 2.10 bits per heavy atom. The average molecular weight is 273 g/mol. The lowest BCUT2D eigenvalue weighted by molar-refractivity contribution is 0.0911. The normalized spacial score (nSPS) is 12.7. The van der Waals surface area contributed by atoms with Crippen LogP contribution in [-0.2, 0) is 0 Å². The van der Waals surface area contributed by atoms with Crippen LogP contribution in [0.25, 0.3) is 6.08 Å². The fourth-order valence-electron chi connectivity index (χ4n) is 1.56. The Labute approximate surface area is 123 Å². The van der Waals surface area contributed by atoms with E-state index in [9.17, 15) is 4.79 Å². The summed E-state index contributed by atoms with van der Waals surface area (Å²) in [7, 11) is 0. The number of carbonyl (C=O) groups is 1. The minimum atomic E-state index is -0.165. The summed E-state index contributed by atoms with van der Waals surface area (Å²) >= 11 is 0. The highest BCUT2D eigenvalue weighted by molar-refractivity contribution is 5.94. The molecule has 110 valence electrons. The molecule has 1 aromatic carbocycles. The van der Waals surface area contributed by atoms with Gasteiger partial charge >= 0.3 is 0 Å². The second-order valence-electron chi connectivity index (χ2n) is 7.01. The maximum atomic E-state index is 12.1. The summed E-state index contributed by atoms with van der Waals surface area (Å²) in [6, 6.07) is 7.72. The minimum Gasteiger partial charge on any atom is -0.347 e. The molecular formula is C18H27NO. The van der Waals surface area contributed by atoms with Crippen LogP contribution in [0.3, 0.4) is 0 Å². The first-order valence-electron chi connectivity index (χ1n) is 7.25. The molecule has 1 rings (SSSR count). The van der Waals surface area contributed by atoms with Crippen LogP contribution in [0.2, 0.25) is 0 Å². The van der Waals surface area contributed by atoms with E-state index in [2.05, 4.69) is 45.2 Å². The Balaban J connectivity index is 2.77. The quantitative estimate of drug-likeness (QED) is 0.849. The van der Waals surface area contributed by atoms with E-state index < -0.39 is 0 Å². The summed E-state index contributed by atoms with van der Waals surface area (Å²) in [6.45, 7) is 12.6. The summed E-state index contributed by atoms with van der Waals surface area (Å²) in [5.41, 5.74) is 1.83. The van der Waals surface area contributed by atoms with Crippen LogP contribution in [0.4, 0.5) is 0 Å². The van der Waals surface area contributed by atoms with Gasteiger partial charge in [0.15, 0.2) is 0 Å². The van der Waals surface area contributed by atoms with E-state index in [1.54, 1.807) is 0 Å². The van der Waals surface area contributed by atoms with Crippen molar-refractivity contribution in [2.24, 2.45) is 5.41 Å². The predicted octanol–water partition coefficient (Wildman–Crippen LogP) is 4.66. The maximum Gasteiger partial charge on any atom is 0.251 e. The standard InChI is InChI=1S/C18H27NO/c1-7-18(5,6)19-16(20)15-10-8-14(9-11-15)12-13-17(2,3)4/h8-13H,7H2,1-6H3,(H,19,20)/b13-12+. The molecule has 0 atom stereocenters. The fourth-order valence-corrected chi connectivity index (χ4v) is 1.56. The Kier molecular flexibility index (Phi) is 5.15. The summed E-state index contributed by atoms with van der Waals surface area (Å²) in [6.07, 6.45) is 5.17. The number of nitrogens with one attached hydrogen (secondary N) is 1. The van der Waals surface area contributed by atoms with Crippen LogP contribution in [-0.4, -0.2) is 11.4 Å². The fraction of sp³-hybridized carbons (Fsp3) is 0.500. The van der Waals surface area contributed by atoms with Crippen molar-refractivity contribution in [3.8, 4) is 0 Å². The molecule has 1 aromatic rings. The van der Waals surface area contributed by atoms with Gasteiger partial charge in [-0.2, -0.15) is 0 Å². The van der Waals surface area contributed by atoms with Gasteiger partial charge in [-0.3, -0.25) is 4.79 Å². The van der Waals surface area contributed by atoms with Gasteiger partial charge in [-0.05, 0) is 43.4 Å². The number of amides is 1. The number of benzene rings is 1. The van der Waals surface area contributed by atoms with Crippen LogP contribution in [0.5, 0.6) is 0 Å². The second-order valence-corrected chi connectivity index (χ2v) is 7.01. The zero-order valence-corrected chi connectivity index (χ0v) is 13.6. The topological polar surface area (TPSA) is 29.1 Å². The largest absolute Gasteiger partial charge is 0.347 e. The van der Waals surface area contributed by atoms with E-state index in [0.717, 1.165) is 12.0 Å². The molecule has 20 heavy (non-hydrogen) atoms. The third-order valence-corrected chi connectivity index (χ3v) is 3.28. The number of rotatable bonds is 4. The molecule has 0 aliphatic carbocycles. The molecule has 0 heterocycles. The Bertz CT molecular complexity index is 475. The zero-order chi connectivity index (χ0) is 15.4. The van der Waals surface area contributed by atoms with Crippen LogP contribution in [0.1, 0.15) is 63.9 Å². The first-order chi connectivity index (χ1) is 9.13. The molecule has 0 unspecified atom stereocenters. The van der Waals surface area contributed by atoms with Crippen LogP contribution in [0.15, 0.2) is 30.3 Å². The lowest BCUT2D eigenvalue weighted by Gasteiger charge is -2.24. The van der Waals surface area contributed by atoms with Crippen molar-refractivity contribution >= 4 is 12.0 Å². The average Bonchev–Trinajstić information content (AvgIpc) is 2.35. The first kappa shape index (κ1) is 16.5. The molecular weight excluding hydrogens is 246 g/mol. The third-order valence-electron chi connectivity index (χ3n) is 3.28. The van der Waals surface area contributed by atoms with Gasteiger partial charge in [0.2, 0.25) is 0 Å². The van der Waals surface area contributed by atoms with Gasteiger partial charge in [0.05, 0.1) is 0 Å². The summed E-state index contributed by atoms with van der Waals surface area (Å²) in [5.74, 6) is -0.0109. The van der Waals surface area contributed by atoms with Crippen molar-refractivity contribution in [3.63, 3.8) is 0 Å². The van der Waals surface area contributed by atoms with E-state index in [1.807, 2.05) is 38.1 Å². The number of hydrogen-bond donors (Lipinski definition) is 1. The summed E-state index contributed by atoms with van der Waals surface area (Å²) < 4.78 is 0. The molecule has 2 nitrogen and oxygen atoms in total. The van der Waals surface area contributed by atoms with E-state index in [1.165, 1.54) is 0 Å². The predicted molar refractivity (Wildman–Crippen MR) is 86.8 cm³/mol. The minimum absolute atomic E-state index is 0.0109. The van der Waals surface area contributed by atoms with Crippen molar-refractivity contribution in [2.45, 2.75) is 53.5 Å². The molecule has 2 heteroatoms. The molecule has 0 bridgehead atoms. The molecule has 0 aliphatic rings. The van der Waals surface area contributed by atoms with Gasteiger partial charge < -0.3 is 5.32 Å². The molecule has 0 aromatic heterocycles. The molecule has 0 aliphatic heterocycles. The first-order valence-corrected chi connectivity index (χ1v) is 7.25. The highest BCUT2D eigenvalue weighted by atomic mass is 16.1. The van der Waals surface area contributed by atoms with Crippen molar-refractivity contribution in [1.29, 1.82) is 0 Å². The molecule has 1 N–H and O–H groups in total. The zero-order valence-electron chi connectivity index (χ0n) is 13.6. The van der Waals surface area contributed by atoms with Gasteiger partial charge in [-0.15, -0.1) is 0 Å². The van der Waals surface area contributed by atoms with Crippen LogP contribution >= 0.6 is 0 Å². The van der Waals surface area contributed by atoms with Gasteiger partial charge in [0, 0.05) is 11.1 Å².